The molecule has 0 aromatic heterocycles. The average molecular weight is 145 g/mol. The van der Waals surface area contributed by atoms with Gasteiger partial charge in [-0.3, -0.25) is 8.93 Å². The summed E-state index contributed by atoms with van der Waals surface area (Å²) in [4.78, 5) is 0. The molecule has 0 radical (unpaired) electrons. The Hall–Kier alpha value is 0.360. The van der Waals surface area contributed by atoms with Crippen LogP contribution >= 0.6 is 11.6 Å². The molecule has 0 aromatic carbocycles. The highest BCUT2D eigenvalue weighted by molar-refractivity contribution is 7.77. The SMILES string of the molecule is CCl.CNS(=O)[O-]. The predicted molar refractivity (Wildman–Crippen MR) is 29.8 cm³/mol. The third-order valence-corrected chi connectivity index (χ3v) is 0.500. The standard InChI is InChI=1S/CH3Cl.CH5NO2S/c1-2;1-2-5(3)4/h1H3;2H,1H3,(H,3,4)/p-1. The fourth-order valence-corrected chi connectivity index (χ4v) is 0. The van der Waals surface area contributed by atoms with E-state index in [4.69, 9.17) is 0 Å². The van der Waals surface area contributed by atoms with Crippen LogP contribution in [0.4, 0.5) is 0 Å². The maximum atomic E-state index is 9.26. The molecule has 1 N–H and O–H groups in total. The Morgan fingerprint density at radius 1 is 1.71 bits per heavy atom. The highest BCUT2D eigenvalue weighted by atomic mass is 35.5. The summed E-state index contributed by atoms with van der Waals surface area (Å²) in [6.45, 7) is 0. The second-order valence-electron chi connectivity index (χ2n) is 0.439. The highest BCUT2D eigenvalue weighted by Crippen LogP contribution is 1.47. The number of halogens is 1. The van der Waals surface area contributed by atoms with E-state index < -0.39 is 11.3 Å². The average Bonchev–Trinajstić information content (AvgIpc) is 1.73. The molecular weight excluding hydrogens is 138 g/mol. The van der Waals surface area contributed by atoms with E-state index in [2.05, 4.69) is 11.6 Å². The first-order valence-electron chi connectivity index (χ1n) is 1.42. The normalized spacial score (nSPS) is 11.4. The van der Waals surface area contributed by atoms with Crippen LogP contribution in [0.2, 0.25) is 0 Å². The fraction of sp³-hybridized carbons (Fsp3) is 1.00. The van der Waals surface area contributed by atoms with E-state index >= 15 is 0 Å². The van der Waals surface area contributed by atoms with Crippen LogP contribution in [0.25, 0.3) is 0 Å². The van der Waals surface area contributed by atoms with Crippen LogP contribution < -0.4 is 4.72 Å². The van der Waals surface area contributed by atoms with Crippen molar-refractivity contribution in [2.24, 2.45) is 0 Å². The summed E-state index contributed by atoms with van der Waals surface area (Å²) in [6, 6.07) is 0. The summed E-state index contributed by atoms with van der Waals surface area (Å²) in [6.07, 6.45) is 1.47. The molecule has 46 valence electrons. The van der Waals surface area contributed by atoms with E-state index in [1.807, 2.05) is 4.72 Å². The van der Waals surface area contributed by atoms with Crippen molar-refractivity contribution < 1.29 is 8.76 Å². The van der Waals surface area contributed by atoms with Gasteiger partial charge in [0.25, 0.3) is 0 Å². The van der Waals surface area contributed by atoms with Crippen molar-refractivity contribution in [2.45, 2.75) is 0 Å². The van der Waals surface area contributed by atoms with Gasteiger partial charge in [-0.1, -0.05) is 0 Å². The Bertz CT molecular complexity index is 51.0. The number of hydrogen-bond acceptors (Lipinski definition) is 2. The first-order chi connectivity index (χ1) is 3.27. The molecule has 0 aliphatic heterocycles. The minimum atomic E-state index is -2.07. The van der Waals surface area contributed by atoms with Gasteiger partial charge >= 0.3 is 0 Å². The summed E-state index contributed by atoms with van der Waals surface area (Å²) in [5, 5.41) is 0. The van der Waals surface area contributed by atoms with Crippen molar-refractivity contribution in [3.63, 3.8) is 0 Å². The van der Waals surface area contributed by atoms with Crippen LogP contribution in [-0.2, 0) is 11.3 Å². The monoisotopic (exact) mass is 144 g/mol. The topological polar surface area (TPSA) is 52.2 Å². The summed E-state index contributed by atoms with van der Waals surface area (Å²) in [5.74, 6) is 0. The van der Waals surface area contributed by atoms with Crippen molar-refractivity contribution in [3.8, 4) is 0 Å². The minimum absolute atomic E-state index is 1.34. The van der Waals surface area contributed by atoms with Crippen molar-refractivity contribution >= 4 is 22.9 Å². The van der Waals surface area contributed by atoms with E-state index in [1.165, 1.54) is 13.4 Å². The zero-order chi connectivity index (χ0) is 6.28. The van der Waals surface area contributed by atoms with Gasteiger partial charge in [-0.05, 0) is 7.05 Å². The summed E-state index contributed by atoms with van der Waals surface area (Å²) in [7, 11) is 1.34. The Kier molecular flexibility index (Phi) is 14.2. The molecule has 1 atom stereocenters. The van der Waals surface area contributed by atoms with E-state index in [0.717, 1.165) is 0 Å². The van der Waals surface area contributed by atoms with Gasteiger partial charge in [0, 0.05) is 17.6 Å². The molecule has 0 amide bonds. The molecule has 5 heteroatoms. The molecule has 0 saturated heterocycles. The Morgan fingerprint density at radius 2 is 1.86 bits per heavy atom. The molecule has 3 nitrogen and oxygen atoms in total. The van der Waals surface area contributed by atoms with Crippen LogP contribution in [-0.4, -0.2) is 22.2 Å². The molecule has 0 saturated carbocycles. The molecular formula is C2H7ClNO2S-. The van der Waals surface area contributed by atoms with Crippen LogP contribution in [0, 0.1) is 0 Å². The van der Waals surface area contributed by atoms with Crippen LogP contribution in [0.3, 0.4) is 0 Å². The van der Waals surface area contributed by atoms with Crippen molar-refractivity contribution in [1.82, 2.24) is 4.72 Å². The quantitative estimate of drug-likeness (QED) is 0.411. The zero-order valence-electron chi connectivity index (χ0n) is 4.10. The lowest BCUT2D eigenvalue weighted by molar-refractivity contribution is 0.529. The van der Waals surface area contributed by atoms with Crippen LogP contribution in [0.1, 0.15) is 0 Å². The van der Waals surface area contributed by atoms with Gasteiger partial charge in [0.2, 0.25) is 0 Å². The van der Waals surface area contributed by atoms with Gasteiger partial charge in [-0.25, -0.2) is 0 Å². The van der Waals surface area contributed by atoms with Gasteiger partial charge < -0.3 is 4.55 Å². The van der Waals surface area contributed by atoms with Crippen molar-refractivity contribution in [2.75, 3.05) is 13.4 Å². The maximum absolute atomic E-state index is 9.26. The van der Waals surface area contributed by atoms with Gasteiger partial charge in [0.15, 0.2) is 0 Å². The first-order valence-corrected chi connectivity index (χ1v) is 3.25. The molecule has 0 bridgehead atoms. The minimum Gasteiger partial charge on any atom is -0.760 e. The van der Waals surface area contributed by atoms with E-state index in [0.29, 0.717) is 0 Å². The fourth-order valence-electron chi connectivity index (χ4n) is 0. The molecule has 1 unspecified atom stereocenters. The summed E-state index contributed by atoms with van der Waals surface area (Å²) < 4.78 is 20.5. The van der Waals surface area contributed by atoms with Gasteiger partial charge in [0.1, 0.15) is 0 Å². The lowest BCUT2D eigenvalue weighted by Gasteiger charge is -1.95. The smallest absolute Gasteiger partial charge is 0.0178 e. The molecule has 0 heterocycles. The second kappa shape index (κ2) is 9.61. The third kappa shape index (κ3) is 21.7. The van der Waals surface area contributed by atoms with Gasteiger partial charge in [0.05, 0.1) is 0 Å². The molecule has 0 spiro atoms. The lowest BCUT2D eigenvalue weighted by atomic mass is 11.6. The lowest BCUT2D eigenvalue weighted by Crippen LogP contribution is -2.07. The largest absolute Gasteiger partial charge is 0.760 e. The molecule has 0 aromatic rings. The molecule has 0 rings (SSSR count). The Labute approximate surface area is 50.5 Å². The zero-order valence-corrected chi connectivity index (χ0v) is 5.68. The highest BCUT2D eigenvalue weighted by Gasteiger charge is 1.57. The maximum Gasteiger partial charge on any atom is 0.0178 e. The molecule has 0 aliphatic carbocycles. The number of hydrogen-bond donors (Lipinski definition) is 1. The van der Waals surface area contributed by atoms with E-state index in [1.54, 1.807) is 0 Å². The third-order valence-electron chi connectivity index (χ3n) is 0.167. The molecule has 0 fully saturated rings. The van der Waals surface area contributed by atoms with Gasteiger partial charge in [-0.2, -0.15) is 0 Å². The Morgan fingerprint density at radius 3 is 1.86 bits per heavy atom. The number of nitrogens with one attached hydrogen (secondary N) is 1. The second-order valence-corrected chi connectivity index (χ2v) is 1.32. The van der Waals surface area contributed by atoms with E-state index in [9.17, 15) is 8.76 Å². The first kappa shape index (κ1) is 10.4. The summed E-state index contributed by atoms with van der Waals surface area (Å²) in [5.41, 5.74) is 0. The van der Waals surface area contributed by atoms with E-state index in [-0.39, 0.29) is 0 Å². The summed E-state index contributed by atoms with van der Waals surface area (Å²) >= 11 is 2.57. The number of alkyl halides is 1. The van der Waals surface area contributed by atoms with Gasteiger partial charge in [-0.15, -0.1) is 11.6 Å². The molecule has 7 heavy (non-hydrogen) atoms. The van der Waals surface area contributed by atoms with Crippen molar-refractivity contribution in [3.05, 3.63) is 0 Å². The predicted octanol–water partition coefficient (Wildman–Crippen LogP) is -0.145. The number of rotatable bonds is 1. The Balaban J connectivity index is 0. The van der Waals surface area contributed by atoms with Crippen LogP contribution in [0.15, 0.2) is 0 Å². The molecule has 0 aliphatic rings. The van der Waals surface area contributed by atoms with Crippen molar-refractivity contribution in [1.29, 1.82) is 0 Å². The van der Waals surface area contributed by atoms with Crippen LogP contribution in [0.5, 0.6) is 0 Å².